The maximum Gasteiger partial charge on any atom is 0.125 e. The Kier molecular flexibility index (Phi) is 5.45. The van der Waals surface area contributed by atoms with E-state index < -0.39 is 0 Å². The van der Waals surface area contributed by atoms with Crippen molar-refractivity contribution >= 4 is 0 Å². The molecule has 17 heavy (non-hydrogen) atoms. The van der Waals surface area contributed by atoms with Crippen LogP contribution in [-0.4, -0.2) is 18.8 Å². The molecule has 0 aliphatic carbocycles. The number of rotatable bonds is 4. The van der Waals surface area contributed by atoms with Gasteiger partial charge < -0.3 is 9.84 Å². The number of hydrogen-bond acceptors (Lipinski definition) is 3. The Hall–Kier alpha value is -2.15. The van der Waals surface area contributed by atoms with Crippen LogP contribution < -0.4 is 4.74 Å². The molecule has 0 atom stereocenters. The van der Waals surface area contributed by atoms with Gasteiger partial charge in [-0.3, -0.25) is 0 Å². The van der Waals surface area contributed by atoms with Crippen LogP contribution in [0.2, 0.25) is 0 Å². The van der Waals surface area contributed by atoms with Gasteiger partial charge >= 0.3 is 0 Å². The lowest BCUT2D eigenvalue weighted by molar-refractivity contribution is 0.274. The molecule has 0 saturated heterocycles. The number of hydrogen-bond donors (Lipinski definition) is 1. The van der Waals surface area contributed by atoms with E-state index in [4.69, 9.17) is 15.4 Å². The van der Waals surface area contributed by atoms with Crippen molar-refractivity contribution in [2.75, 3.05) is 13.7 Å². The first-order valence-corrected chi connectivity index (χ1v) is 5.09. The number of aliphatic hydroxyl groups is 1. The molecular weight excluding hydrogens is 218 g/mol. The zero-order valence-electron chi connectivity index (χ0n) is 9.55. The fraction of sp³-hybridized carbons (Fsp3) is 0.333. The van der Waals surface area contributed by atoms with Crippen molar-refractivity contribution in [3.05, 3.63) is 39.8 Å². The molecule has 0 unspecified atom stereocenters. The number of azide groups is 1. The van der Waals surface area contributed by atoms with E-state index in [0.717, 1.165) is 11.1 Å². The fourth-order valence-corrected chi connectivity index (χ4v) is 1.27. The summed E-state index contributed by atoms with van der Waals surface area (Å²) in [6, 6.07) is 5.36. The van der Waals surface area contributed by atoms with Gasteiger partial charge in [-0.15, -0.1) is 0 Å². The molecule has 1 rings (SSSR count). The summed E-state index contributed by atoms with van der Waals surface area (Å²) in [5.41, 5.74) is 9.61. The molecule has 0 aliphatic rings. The lowest BCUT2D eigenvalue weighted by Crippen LogP contribution is -1.92. The minimum absolute atomic E-state index is 0.0617. The lowest BCUT2D eigenvalue weighted by Gasteiger charge is -2.05. The van der Waals surface area contributed by atoms with Crippen LogP contribution in [0, 0.1) is 11.8 Å². The van der Waals surface area contributed by atoms with E-state index in [0.29, 0.717) is 18.7 Å². The highest BCUT2D eigenvalue weighted by Crippen LogP contribution is 2.19. The van der Waals surface area contributed by atoms with Crippen LogP contribution in [0.4, 0.5) is 0 Å². The average Bonchev–Trinajstić information content (AvgIpc) is 2.38. The molecule has 0 aromatic heterocycles. The highest BCUT2D eigenvalue weighted by Gasteiger charge is 2.01. The van der Waals surface area contributed by atoms with E-state index in [1.165, 1.54) is 0 Å². The predicted octanol–water partition coefficient (Wildman–Crippen LogP) is 2.24. The molecule has 0 fully saturated rings. The monoisotopic (exact) mass is 231 g/mol. The third kappa shape index (κ3) is 4.07. The molecule has 0 amide bonds. The first-order valence-electron chi connectivity index (χ1n) is 5.09. The van der Waals surface area contributed by atoms with Gasteiger partial charge in [0, 0.05) is 29.0 Å². The SMILES string of the molecule is COc1cc(C#CCCN=[N+]=[N-])ccc1CO. The summed E-state index contributed by atoms with van der Waals surface area (Å²) in [6.45, 7) is 0.309. The first-order chi connectivity index (χ1) is 8.31. The van der Waals surface area contributed by atoms with Crippen LogP contribution in [-0.2, 0) is 6.61 Å². The van der Waals surface area contributed by atoms with E-state index >= 15 is 0 Å². The van der Waals surface area contributed by atoms with E-state index in [2.05, 4.69) is 21.9 Å². The number of aliphatic hydroxyl groups excluding tert-OH is 1. The molecule has 0 aliphatic heterocycles. The summed E-state index contributed by atoms with van der Waals surface area (Å²) in [5, 5.41) is 12.4. The normalized spacial score (nSPS) is 8.82. The Balaban J connectivity index is 2.74. The van der Waals surface area contributed by atoms with Crippen molar-refractivity contribution in [3.8, 4) is 17.6 Å². The van der Waals surface area contributed by atoms with Crippen molar-refractivity contribution in [2.24, 2.45) is 5.11 Å². The summed E-state index contributed by atoms with van der Waals surface area (Å²) in [5.74, 6) is 6.45. The second kappa shape index (κ2) is 7.18. The molecule has 1 aromatic carbocycles. The molecule has 0 heterocycles. The fourth-order valence-electron chi connectivity index (χ4n) is 1.27. The third-order valence-electron chi connectivity index (χ3n) is 2.09. The maximum absolute atomic E-state index is 9.05. The Labute approximate surface area is 99.7 Å². The van der Waals surface area contributed by atoms with Gasteiger partial charge in [-0.1, -0.05) is 23.0 Å². The Morgan fingerprint density at radius 3 is 3.00 bits per heavy atom. The van der Waals surface area contributed by atoms with Crippen molar-refractivity contribution < 1.29 is 9.84 Å². The van der Waals surface area contributed by atoms with Gasteiger partial charge in [0.05, 0.1) is 13.7 Å². The van der Waals surface area contributed by atoms with Crippen LogP contribution in [0.3, 0.4) is 0 Å². The molecule has 0 saturated carbocycles. The Bertz CT molecular complexity index is 482. The zero-order valence-corrected chi connectivity index (χ0v) is 9.55. The molecule has 0 bridgehead atoms. The number of benzene rings is 1. The van der Waals surface area contributed by atoms with Crippen LogP contribution >= 0.6 is 0 Å². The number of methoxy groups -OCH3 is 1. The standard InChI is InChI=1S/C12H13N3O2/c1-17-12-8-10(5-6-11(12)9-16)4-2-3-7-14-15-13/h5-6,8,16H,3,7,9H2,1H3. The summed E-state index contributed by atoms with van der Waals surface area (Å²) >= 11 is 0. The molecule has 5 heteroatoms. The van der Waals surface area contributed by atoms with E-state index in [1.54, 1.807) is 19.2 Å². The highest BCUT2D eigenvalue weighted by atomic mass is 16.5. The number of nitrogens with zero attached hydrogens (tertiary/aromatic N) is 3. The van der Waals surface area contributed by atoms with E-state index in [1.807, 2.05) is 6.07 Å². The first kappa shape index (κ1) is 12.9. The van der Waals surface area contributed by atoms with Gasteiger partial charge in [0.15, 0.2) is 0 Å². The van der Waals surface area contributed by atoms with Gasteiger partial charge in [0.25, 0.3) is 0 Å². The summed E-state index contributed by atoms with van der Waals surface area (Å²) in [4.78, 5) is 2.64. The topological polar surface area (TPSA) is 78.2 Å². The van der Waals surface area contributed by atoms with Gasteiger partial charge in [0.2, 0.25) is 0 Å². The average molecular weight is 231 g/mol. The molecule has 88 valence electrons. The second-order valence-corrected chi connectivity index (χ2v) is 3.19. The van der Waals surface area contributed by atoms with Crippen LogP contribution in [0.1, 0.15) is 17.5 Å². The lowest BCUT2D eigenvalue weighted by atomic mass is 10.1. The summed E-state index contributed by atoms with van der Waals surface area (Å²) < 4.78 is 5.13. The zero-order chi connectivity index (χ0) is 12.5. The molecule has 0 radical (unpaired) electrons. The van der Waals surface area contributed by atoms with Crippen molar-refractivity contribution in [1.29, 1.82) is 0 Å². The van der Waals surface area contributed by atoms with Gasteiger partial charge in [-0.2, -0.15) is 0 Å². The quantitative estimate of drug-likeness (QED) is 0.283. The highest BCUT2D eigenvalue weighted by molar-refractivity contribution is 5.44. The second-order valence-electron chi connectivity index (χ2n) is 3.19. The minimum Gasteiger partial charge on any atom is -0.496 e. The van der Waals surface area contributed by atoms with Crippen LogP contribution in [0.25, 0.3) is 10.4 Å². The smallest absolute Gasteiger partial charge is 0.125 e. The summed E-state index contributed by atoms with van der Waals surface area (Å²) in [7, 11) is 1.55. The Morgan fingerprint density at radius 2 is 2.35 bits per heavy atom. The molecule has 5 nitrogen and oxygen atoms in total. The van der Waals surface area contributed by atoms with Crippen molar-refractivity contribution in [1.82, 2.24) is 0 Å². The molecule has 1 N–H and O–H groups in total. The molecular formula is C12H13N3O2. The minimum atomic E-state index is -0.0617. The molecule has 0 spiro atoms. The van der Waals surface area contributed by atoms with Gasteiger partial charge in [-0.25, -0.2) is 0 Å². The van der Waals surface area contributed by atoms with E-state index in [-0.39, 0.29) is 6.61 Å². The van der Waals surface area contributed by atoms with Crippen LogP contribution in [0.15, 0.2) is 23.3 Å². The predicted molar refractivity (Wildman–Crippen MR) is 64.4 cm³/mol. The maximum atomic E-state index is 9.05. The van der Waals surface area contributed by atoms with Crippen molar-refractivity contribution in [2.45, 2.75) is 13.0 Å². The van der Waals surface area contributed by atoms with Gasteiger partial charge in [0.1, 0.15) is 5.75 Å². The largest absolute Gasteiger partial charge is 0.496 e. The van der Waals surface area contributed by atoms with Crippen molar-refractivity contribution in [3.63, 3.8) is 0 Å². The summed E-state index contributed by atoms with van der Waals surface area (Å²) in [6.07, 6.45) is 0.522. The van der Waals surface area contributed by atoms with E-state index in [9.17, 15) is 0 Å². The third-order valence-corrected chi connectivity index (χ3v) is 2.09. The van der Waals surface area contributed by atoms with Crippen LogP contribution in [0.5, 0.6) is 5.75 Å². The van der Waals surface area contributed by atoms with Gasteiger partial charge in [-0.05, 0) is 17.7 Å². The molecule has 1 aromatic rings. The number of ether oxygens (including phenoxy) is 1. The Morgan fingerprint density at radius 1 is 1.53 bits per heavy atom.